The number of carbonyl (C=O) groups is 1. The summed E-state index contributed by atoms with van der Waals surface area (Å²) in [7, 11) is 0. The van der Waals surface area contributed by atoms with Gasteiger partial charge >= 0.3 is 0 Å². The van der Waals surface area contributed by atoms with Gasteiger partial charge in [-0.2, -0.15) is 0 Å². The van der Waals surface area contributed by atoms with Gasteiger partial charge in [0.15, 0.2) is 0 Å². The maximum absolute atomic E-state index is 10.9. The Kier molecular flexibility index (Phi) is 2.15. The highest BCUT2D eigenvalue weighted by atomic mass is 16.1. The quantitative estimate of drug-likeness (QED) is 0.432. The highest BCUT2D eigenvalue weighted by Gasteiger charge is 2.34. The third-order valence-electron chi connectivity index (χ3n) is 2.46. The van der Waals surface area contributed by atoms with Crippen molar-refractivity contribution in [2.24, 2.45) is 10.8 Å². The first-order chi connectivity index (χ1) is 5.37. The average molecular weight is 166 g/mol. The minimum absolute atomic E-state index is 0.216. The first-order valence-electron chi connectivity index (χ1n) is 4.52. The summed E-state index contributed by atoms with van der Waals surface area (Å²) in [5.74, 6) is 0. The molecule has 0 aromatic carbocycles. The molecule has 1 rings (SSSR count). The molecule has 1 aliphatic carbocycles. The summed E-state index contributed by atoms with van der Waals surface area (Å²) in [6.45, 7) is 8.59. The zero-order chi connectivity index (χ0) is 9.41. The highest BCUT2D eigenvalue weighted by Crippen LogP contribution is 2.43. The number of aldehydes is 1. The molecule has 12 heavy (non-hydrogen) atoms. The summed E-state index contributed by atoms with van der Waals surface area (Å²) < 4.78 is 0. The van der Waals surface area contributed by atoms with Crippen LogP contribution in [0.5, 0.6) is 0 Å². The fourth-order valence-electron chi connectivity index (χ4n) is 2.59. The van der Waals surface area contributed by atoms with E-state index in [2.05, 4.69) is 26.8 Å². The van der Waals surface area contributed by atoms with Crippen molar-refractivity contribution in [3.8, 4) is 0 Å². The summed E-state index contributed by atoms with van der Waals surface area (Å²) in [5, 5.41) is 0. The predicted molar refractivity (Wildman–Crippen MR) is 50.9 cm³/mol. The largest absolute Gasteiger partial charge is 0.302 e. The molecule has 0 heterocycles. The van der Waals surface area contributed by atoms with E-state index in [1.165, 1.54) is 5.57 Å². The van der Waals surface area contributed by atoms with Crippen LogP contribution in [0.2, 0.25) is 0 Å². The van der Waals surface area contributed by atoms with E-state index in [0.717, 1.165) is 19.1 Å². The molecule has 0 bridgehead atoms. The number of carbonyl (C=O) groups excluding carboxylic acids is 1. The van der Waals surface area contributed by atoms with E-state index in [4.69, 9.17) is 0 Å². The van der Waals surface area contributed by atoms with E-state index < -0.39 is 0 Å². The second-order valence-corrected chi connectivity index (χ2v) is 5.13. The monoisotopic (exact) mass is 166 g/mol. The lowest BCUT2D eigenvalue weighted by atomic mass is 9.67. The lowest BCUT2D eigenvalue weighted by Gasteiger charge is -2.37. The molecule has 0 N–H and O–H groups in total. The van der Waals surface area contributed by atoms with Gasteiger partial charge in [-0.15, -0.1) is 0 Å². The predicted octanol–water partition coefficient (Wildman–Crippen LogP) is 2.96. The summed E-state index contributed by atoms with van der Waals surface area (Å²) >= 11 is 0. The maximum atomic E-state index is 10.9. The summed E-state index contributed by atoms with van der Waals surface area (Å²) in [6.07, 6.45) is 5.29. The molecular weight excluding hydrogens is 148 g/mol. The number of rotatable bonds is 1. The third kappa shape index (κ3) is 1.96. The zero-order valence-corrected chi connectivity index (χ0v) is 8.48. The molecule has 1 aliphatic rings. The van der Waals surface area contributed by atoms with Gasteiger partial charge in [-0.3, -0.25) is 0 Å². The van der Waals surface area contributed by atoms with Crippen molar-refractivity contribution in [3.63, 3.8) is 0 Å². The van der Waals surface area contributed by atoms with Gasteiger partial charge in [0.1, 0.15) is 6.29 Å². The van der Waals surface area contributed by atoms with Gasteiger partial charge in [0.2, 0.25) is 0 Å². The molecule has 1 heteroatoms. The smallest absolute Gasteiger partial charge is 0.129 e. The molecule has 0 saturated heterocycles. The molecule has 0 amide bonds. The first kappa shape index (κ1) is 9.50. The Labute approximate surface area is 74.9 Å². The van der Waals surface area contributed by atoms with Gasteiger partial charge in [0, 0.05) is 5.41 Å². The lowest BCUT2D eigenvalue weighted by Crippen LogP contribution is -2.29. The SMILES string of the molecule is CC1=CC(C)(C=O)CC(C)(C)C1. The van der Waals surface area contributed by atoms with Crippen molar-refractivity contribution < 1.29 is 4.79 Å². The summed E-state index contributed by atoms with van der Waals surface area (Å²) in [6, 6.07) is 0. The van der Waals surface area contributed by atoms with Crippen LogP contribution in [0.3, 0.4) is 0 Å². The Morgan fingerprint density at radius 2 is 2.00 bits per heavy atom. The van der Waals surface area contributed by atoms with E-state index in [1.807, 2.05) is 6.92 Å². The molecule has 68 valence electrons. The normalized spacial score (nSPS) is 34.2. The van der Waals surface area contributed by atoms with Crippen LogP contribution >= 0.6 is 0 Å². The molecule has 0 aromatic heterocycles. The summed E-state index contributed by atoms with van der Waals surface area (Å²) in [5.41, 5.74) is 1.42. The van der Waals surface area contributed by atoms with E-state index >= 15 is 0 Å². The van der Waals surface area contributed by atoms with E-state index in [0.29, 0.717) is 0 Å². The molecule has 1 atom stereocenters. The van der Waals surface area contributed by atoms with Crippen molar-refractivity contribution in [2.45, 2.75) is 40.5 Å². The topological polar surface area (TPSA) is 17.1 Å². The van der Waals surface area contributed by atoms with E-state index in [9.17, 15) is 4.79 Å². The standard InChI is InChI=1S/C11H18O/c1-9-5-10(2,3)7-11(4,6-9)8-12/h6,8H,5,7H2,1-4H3. The van der Waals surface area contributed by atoms with Gasteiger partial charge in [0.05, 0.1) is 0 Å². The Morgan fingerprint density at radius 3 is 2.42 bits per heavy atom. The van der Waals surface area contributed by atoms with Crippen LogP contribution in [0.1, 0.15) is 40.5 Å². The molecule has 0 spiro atoms. The van der Waals surface area contributed by atoms with Crippen LogP contribution in [-0.4, -0.2) is 6.29 Å². The fraction of sp³-hybridized carbons (Fsp3) is 0.727. The van der Waals surface area contributed by atoms with Crippen molar-refractivity contribution in [1.82, 2.24) is 0 Å². The second-order valence-electron chi connectivity index (χ2n) is 5.13. The van der Waals surface area contributed by atoms with Crippen LogP contribution in [0.25, 0.3) is 0 Å². The molecule has 0 aliphatic heterocycles. The molecule has 0 fully saturated rings. The molecule has 1 nitrogen and oxygen atoms in total. The van der Waals surface area contributed by atoms with Gasteiger partial charge in [-0.25, -0.2) is 0 Å². The lowest BCUT2D eigenvalue weighted by molar-refractivity contribution is -0.115. The number of allylic oxidation sites excluding steroid dienone is 2. The Morgan fingerprint density at radius 1 is 1.42 bits per heavy atom. The molecule has 0 saturated carbocycles. The molecule has 0 aromatic rings. The van der Waals surface area contributed by atoms with Gasteiger partial charge in [-0.05, 0) is 32.1 Å². The Hall–Kier alpha value is -0.590. The third-order valence-corrected chi connectivity index (χ3v) is 2.46. The van der Waals surface area contributed by atoms with E-state index in [-0.39, 0.29) is 10.8 Å². The van der Waals surface area contributed by atoms with E-state index in [1.54, 1.807) is 0 Å². The molecule has 0 radical (unpaired) electrons. The highest BCUT2D eigenvalue weighted by molar-refractivity contribution is 5.63. The van der Waals surface area contributed by atoms with Crippen molar-refractivity contribution >= 4 is 6.29 Å². The Balaban J connectivity index is 2.95. The molecular formula is C11H18O. The fourth-order valence-corrected chi connectivity index (χ4v) is 2.59. The number of hydrogen-bond donors (Lipinski definition) is 0. The van der Waals surface area contributed by atoms with Crippen LogP contribution in [-0.2, 0) is 4.79 Å². The van der Waals surface area contributed by atoms with Gasteiger partial charge in [0.25, 0.3) is 0 Å². The zero-order valence-electron chi connectivity index (χ0n) is 8.48. The van der Waals surface area contributed by atoms with Crippen LogP contribution in [0, 0.1) is 10.8 Å². The van der Waals surface area contributed by atoms with Crippen LogP contribution in [0.4, 0.5) is 0 Å². The summed E-state index contributed by atoms with van der Waals surface area (Å²) in [4.78, 5) is 10.9. The minimum atomic E-state index is -0.216. The van der Waals surface area contributed by atoms with Crippen LogP contribution < -0.4 is 0 Å². The number of hydrogen-bond acceptors (Lipinski definition) is 1. The Bertz CT molecular complexity index is 225. The maximum Gasteiger partial charge on any atom is 0.129 e. The average Bonchev–Trinajstić information content (AvgIpc) is 1.82. The molecule has 1 unspecified atom stereocenters. The minimum Gasteiger partial charge on any atom is -0.302 e. The van der Waals surface area contributed by atoms with Crippen molar-refractivity contribution in [3.05, 3.63) is 11.6 Å². The first-order valence-corrected chi connectivity index (χ1v) is 4.52. The van der Waals surface area contributed by atoms with Crippen LogP contribution in [0.15, 0.2) is 11.6 Å². The van der Waals surface area contributed by atoms with Gasteiger partial charge in [-0.1, -0.05) is 25.5 Å². The van der Waals surface area contributed by atoms with Crippen molar-refractivity contribution in [2.75, 3.05) is 0 Å². The van der Waals surface area contributed by atoms with Crippen molar-refractivity contribution in [1.29, 1.82) is 0 Å². The second kappa shape index (κ2) is 2.72. The van der Waals surface area contributed by atoms with Gasteiger partial charge < -0.3 is 4.79 Å².